The van der Waals surface area contributed by atoms with Gasteiger partial charge < -0.3 is 9.84 Å². The maximum atomic E-state index is 10.2. The molecule has 0 saturated carbocycles. The predicted molar refractivity (Wildman–Crippen MR) is 112 cm³/mol. The lowest BCUT2D eigenvalue weighted by Crippen LogP contribution is -2.46. The van der Waals surface area contributed by atoms with Crippen molar-refractivity contribution in [3.63, 3.8) is 0 Å². The summed E-state index contributed by atoms with van der Waals surface area (Å²) in [5.74, 6) is 0.887. The van der Waals surface area contributed by atoms with E-state index in [0.717, 1.165) is 55.2 Å². The SMILES string of the molecule is COc1ccccc1/C=C/CN1CCC[C@@](CO)(Cc2cccc(Cl)c2)C1. The highest BCUT2D eigenvalue weighted by atomic mass is 35.5. The Labute approximate surface area is 167 Å². The molecule has 2 aromatic rings. The molecule has 1 aliphatic rings. The highest BCUT2D eigenvalue weighted by molar-refractivity contribution is 6.30. The Morgan fingerprint density at radius 2 is 2.07 bits per heavy atom. The first kappa shape index (κ1) is 19.9. The van der Waals surface area contributed by atoms with Gasteiger partial charge in [0.2, 0.25) is 0 Å². The molecule has 4 heteroatoms. The van der Waals surface area contributed by atoms with Gasteiger partial charge in [0.05, 0.1) is 13.7 Å². The number of nitrogens with zero attached hydrogens (tertiary/aromatic N) is 1. The largest absolute Gasteiger partial charge is 0.496 e. The number of hydrogen-bond acceptors (Lipinski definition) is 3. The van der Waals surface area contributed by atoms with Crippen molar-refractivity contribution in [3.05, 3.63) is 70.8 Å². The fourth-order valence-electron chi connectivity index (χ4n) is 4.01. The molecule has 1 fully saturated rings. The molecule has 1 aliphatic heterocycles. The summed E-state index contributed by atoms with van der Waals surface area (Å²) in [5, 5.41) is 10.9. The molecule has 0 aromatic heterocycles. The van der Waals surface area contributed by atoms with Gasteiger partial charge in [0.25, 0.3) is 0 Å². The van der Waals surface area contributed by atoms with Gasteiger partial charge in [-0.05, 0) is 49.6 Å². The monoisotopic (exact) mass is 385 g/mol. The third-order valence-electron chi connectivity index (χ3n) is 5.34. The van der Waals surface area contributed by atoms with Crippen LogP contribution in [0.15, 0.2) is 54.6 Å². The number of para-hydroxylation sites is 1. The molecule has 0 radical (unpaired) electrons. The molecule has 2 aromatic carbocycles. The molecule has 0 aliphatic carbocycles. The van der Waals surface area contributed by atoms with Crippen molar-refractivity contribution >= 4 is 17.7 Å². The van der Waals surface area contributed by atoms with Gasteiger partial charge in [0.1, 0.15) is 5.75 Å². The molecule has 1 saturated heterocycles. The molecular formula is C23H28ClNO2. The summed E-state index contributed by atoms with van der Waals surface area (Å²) in [6.07, 6.45) is 7.30. The summed E-state index contributed by atoms with van der Waals surface area (Å²) in [5.41, 5.74) is 2.19. The fraction of sp³-hybridized carbons (Fsp3) is 0.391. The Morgan fingerprint density at radius 3 is 2.85 bits per heavy atom. The van der Waals surface area contributed by atoms with Crippen LogP contribution in [0.5, 0.6) is 5.75 Å². The van der Waals surface area contributed by atoms with Gasteiger partial charge in [-0.25, -0.2) is 0 Å². The standard InChI is InChI=1S/C23H28ClNO2/c1-27-22-11-3-2-8-20(22)9-5-13-25-14-6-12-23(17-25,18-26)16-19-7-4-10-21(24)15-19/h2-5,7-11,15,26H,6,12-14,16-18H2,1H3/b9-5+/t23-/m1/s1. The van der Waals surface area contributed by atoms with Gasteiger partial charge >= 0.3 is 0 Å². The first-order valence-corrected chi connectivity index (χ1v) is 9.89. The average molecular weight is 386 g/mol. The summed E-state index contributed by atoms with van der Waals surface area (Å²) in [6.45, 7) is 3.03. The number of hydrogen-bond donors (Lipinski definition) is 1. The van der Waals surface area contributed by atoms with E-state index in [1.165, 1.54) is 5.56 Å². The van der Waals surface area contributed by atoms with Gasteiger partial charge in [-0.3, -0.25) is 4.90 Å². The second kappa shape index (κ2) is 9.41. The van der Waals surface area contributed by atoms with Crippen molar-refractivity contribution in [2.45, 2.75) is 19.3 Å². The van der Waals surface area contributed by atoms with Crippen LogP contribution < -0.4 is 4.74 Å². The van der Waals surface area contributed by atoms with Crippen LogP contribution in [-0.4, -0.2) is 43.4 Å². The summed E-state index contributed by atoms with van der Waals surface area (Å²) < 4.78 is 5.41. The van der Waals surface area contributed by atoms with E-state index in [2.05, 4.69) is 29.2 Å². The number of ether oxygens (including phenoxy) is 1. The summed E-state index contributed by atoms with van der Waals surface area (Å²) in [7, 11) is 1.70. The first-order valence-electron chi connectivity index (χ1n) is 9.51. The lowest BCUT2D eigenvalue weighted by molar-refractivity contribution is 0.0376. The molecule has 0 amide bonds. The molecule has 0 bridgehead atoms. The number of methoxy groups -OCH3 is 1. The highest BCUT2D eigenvalue weighted by Crippen LogP contribution is 2.34. The number of halogens is 1. The smallest absolute Gasteiger partial charge is 0.126 e. The Balaban J connectivity index is 1.64. The van der Waals surface area contributed by atoms with Crippen LogP contribution in [0, 0.1) is 5.41 Å². The van der Waals surface area contributed by atoms with Gasteiger partial charge in [-0.1, -0.05) is 54.1 Å². The summed E-state index contributed by atoms with van der Waals surface area (Å²) in [4.78, 5) is 2.43. The van der Waals surface area contributed by atoms with Crippen molar-refractivity contribution in [2.24, 2.45) is 5.41 Å². The Bertz CT molecular complexity index is 776. The molecule has 1 N–H and O–H groups in total. The summed E-state index contributed by atoms with van der Waals surface area (Å²) >= 11 is 6.14. The van der Waals surface area contributed by atoms with E-state index in [1.54, 1.807) is 7.11 Å². The fourth-order valence-corrected chi connectivity index (χ4v) is 4.22. The van der Waals surface area contributed by atoms with Crippen LogP contribution >= 0.6 is 11.6 Å². The number of rotatable bonds is 7. The maximum Gasteiger partial charge on any atom is 0.126 e. The van der Waals surface area contributed by atoms with E-state index in [9.17, 15) is 5.11 Å². The van der Waals surface area contributed by atoms with Gasteiger partial charge in [-0.2, -0.15) is 0 Å². The molecule has 3 rings (SSSR count). The van der Waals surface area contributed by atoms with Crippen LogP contribution in [-0.2, 0) is 6.42 Å². The molecule has 27 heavy (non-hydrogen) atoms. The number of benzene rings is 2. The van der Waals surface area contributed by atoms with Crippen molar-refractivity contribution < 1.29 is 9.84 Å². The van der Waals surface area contributed by atoms with Crippen molar-refractivity contribution in [3.8, 4) is 5.75 Å². The maximum absolute atomic E-state index is 10.2. The average Bonchev–Trinajstić information content (AvgIpc) is 2.68. The molecule has 1 heterocycles. The van der Waals surface area contributed by atoms with Crippen molar-refractivity contribution in [2.75, 3.05) is 33.4 Å². The predicted octanol–water partition coefficient (Wildman–Crippen LogP) is 4.68. The van der Waals surface area contributed by atoms with E-state index in [0.29, 0.717) is 0 Å². The van der Waals surface area contributed by atoms with Gasteiger partial charge in [0, 0.05) is 29.1 Å². The highest BCUT2D eigenvalue weighted by Gasteiger charge is 2.34. The Morgan fingerprint density at radius 1 is 1.22 bits per heavy atom. The lowest BCUT2D eigenvalue weighted by atomic mass is 9.76. The molecule has 3 nitrogen and oxygen atoms in total. The van der Waals surface area contributed by atoms with Crippen molar-refractivity contribution in [1.29, 1.82) is 0 Å². The number of piperidine rings is 1. The minimum Gasteiger partial charge on any atom is -0.496 e. The van der Waals surface area contributed by atoms with E-state index >= 15 is 0 Å². The van der Waals surface area contributed by atoms with Crippen LogP contribution in [0.4, 0.5) is 0 Å². The van der Waals surface area contributed by atoms with Gasteiger partial charge in [0.15, 0.2) is 0 Å². The number of aliphatic hydroxyl groups excluding tert-OH is 1. The minimum atomic E-state index is -0.0960. The first-order chi connectivity index (χ1) is 13.1. The van der Waals surface area contributed by atoms with Crippen LogP contribution in [0.1, 0.15) is 24.0 Å². The molecule has 144 valence electrons. The molecule has 0 spiro atoms. The minimum absolute atomic E-state index is 0.0960. The van der Waals surface area contributed by atoms with E-state index in [4.69, 9.17) is 16.3 Å². The van der Waals surface area contributed by atoms with E-state index < -0.39 is 0 Å². The van der Waals surface area contributed by atoms with Crippen molar-refractivity contribution in [1.82, 2.24) is 4.90 Å². The van der Waals surface area contributed by atoms with E-state index in [1.807, 2.05) is 36.4 Å². The second-order valence-electron chi connectivity index (χ2n) is 7.45. The van der Waals surface area contributed by atoms with Crippen LogP contribution in [0.25, 0.3) is 6.08 Å². The molecule has 1 atom stereocenters. The van der Waals surface area contributed by atoms with E-state index in [-0.39, 0.29) is 12.0 Å². The lowest BCUT2D eigenvalue weighted by Gasteiger charge is -2.41. The Hall–Kier alpha value is -1.81. The normalized spacial score (nSPS) is 20.9. The zero-order chi connectivity index (χ0) is 19.1. The Kier molecular flexibility index (Phi) is 6.95. The zero-order valence-electron chi connectivity index (χ0n) is 15.9. The zero-order valence-corrected chi connectivity index (χ0v) is 16.7. The summed E-state index contributed by atoms with van der Waals surface area (Å²) in [6, 6.07) is 16.0. The van der Waals surface area contributed by atoms with Gasteiger partial charge in [-0.15, -0.1) is 0 Å². The molecule has 0 unspecified atom stereocenters. The molecular weight excluding hydrogens is 358 g/mol. The second-order valence-corrected chi connectivity index (χ2v) is 7.88. The van der Waals surface area contributed by atoms with Crippen LogP contribution in [0.2, 0.25) is 5.02 Å². The topological polar surface area (TPSA) is 32.7 Å². The number of likely N-dealkylation sites (tertiary alicyclic amines) is 1. The quantitative estimate of drug-likeness (QED) is 0.751. The third-order valence-corrected chi connectivity index (χ3v) is 5.58. The third kappa shape index (κ3) is 5.35. The van der Waals surface area contributed by atoms with Crippen LogP contribution in [0.3, 0.4) is 0 Å². The number of aliphatic hydroxyl groups is 1.